The van der Waals surface area contributed by atoms with Crippen LogP contribution in [-0.4, -0.2) is 43.3 Å². The van der Waals surface area contributed by atoms with Crippen LogP contribution in [0.3, 0.4) is 0 Å². The van der Waals surface area contributed by atoms with Gasteiger partial charge in [0, 0.05) is 12.6 Å². The van der Waals surface area contributed by atoms with E-state index < -0.39 is 5.69 Å². The minimum absolute atomic E-state index is 0.189. The molecule has 1 aliphatic carbocycles. The Labute approximate surface area is 142 Å². The van der Waals surface area contributed by atoms with E-state index in [1.54, 1.807) is 11.0 Å². The number of rotatable bonds is 5. The minimum Gasteiger partial charge on any atom is -0.320 e. The fraction of sp³-hybridized carbons (Fsp3) is 0.647. The van der Waals surface area contributed by atoms with Crippen LogP contribution < -0.4 is 5.69 Å². The average Bonchev–Trinajstić information content (AvgIpc) is 2.99. The molecule has 2 rings (SSSR count). The molecule has 7 nitrogen and oxygen atoms in total. The van der Waals surface area contributed by atoms with Crippen molar-refractivity contribution >= 4 is 11.7 Å². The molecule has 0 saturated heterocycles. The Morgan fingerprint density at radius 3 is 2.46 bits per heavy atom. The van der Waals surface area contributed by atoms with Crippen molar-refractivity contribution in [3.63, 3.8) is 0 Å². The molecular weight excluding hydrogens is 306 g/mol. The van der Waals surface area contributed by atoms with Gasteiger partial charge < -0.3 is 4.90 Å². The number of carbonyl (C=O) groups is 1. The summed E-state index contributed by atoms with van der Waals surface area (Å²) in [6.07, 6.45) is 11.8. The molecule has 1 aromatic heterocycles. The summed E-state index contributed by atoms with van der Waals surface area (Å²) in [5.74, 6) is 0. The van der Waals surface area contributed by atoms with Crippen LogP contribution in [0.5, 0.6) is 0 Å². The van der Waals surface area contributed by atoms with Crippen LogP contribution >= 0.6 is 0 Å². The summed E-state index contributed by atoms with van der Waals surface area (Å²) < 4.78 is 2.04. The Hall–Kier alpha value is -2.18. The average molecular weight is 333 g/mol. The minimum atomic E-state index is -0.525. The maximum absolute atomic E-state index is 12.8. The fourth-order valence-corrected chi connectivity index (χ4v) is 3.12. The van der Waals surface area contributed by atoms with E-state index in [0.717, 1.165) is 36.8 Å². The number of allylic oxidation sites excluding steroid dienone is 4. The van der Waals surface area contributed by atoms with Gasteiger partial charge in [-0.1, -0.05) is 38.3 Å². The van der Waals surface area contributed by atoms with Crippen molar-refractivity contribution in [3.05, 3.63) is 28.7 Å². The Morgan fingerprint density at radius 1 is 1.21 bits per heavy atom. The zero-order valence-electron chi connectivity index (χ0n) is 14.8. The van der Waals surface area contributed by atoms with E-state index in [2.05, 4.69) is 10.4 Å². The number of tetrazole rings is 1. The van der Waals surface area contributed by atoms with E-state index in [0.29, 0.717) is 12.2 Å². The Balaban J connectivity index is 2.27. The van der Waals surface area contributed by atoms with Crippen molar-refractivity contribution in [2.45, 2.75) is 65.3 Å². The van der Waals surface area contributed by atoms with Crippen LogP contribution in [0.15, 0.2) is 23.0 Å². The highest BCUT2D eigenvalue weighted by atomic mass is 16.2. The van der Waals surface area contributed by atoms with Crippen LogP contribution in [0, 0.1) is 0 Å². The third kappa shape index (κ3) is 3.83. The molecule has 1 aromatic rings. The van der Waals surface area contributed by atoms with Crippen LogP contribution in [0.1, 0.15) is 59.3 Å². The Kier molecular flexibility index (Phi) is 6.52. The van der Waals surface area contributed by atoms with E-state index in [4.69, 9.17) is 0 Å². The fourth-order valence-electron chi connectivity index (χ4n) is 3.12. The van der Waals surface area contributed by atoms with E-state index in [9.17, 15) is 9.59 Å². The third-order valence-corrected chi connectivity index (χ3v) is 4.43. The molecule has 0 atom stereocenters. The summed E-state index contributed by atoms with van der Waals surface area (Å²) in [7, 11) is 0. The zero-order valence-corrected chi connectivity index (χ0v) is 14.8. The van der Waals surface area contributed by atoms with Crippen molar-refractivity contribution in [1.82, 2.24) is 24.7 Å². The first-order chi connectivity index (χ1) is 11.6. The number of hydrogen-bond donors (Lipinski definition) is 0. The number of nitrogens with zero attached hydrogens (tertiary/aromatic N) is 5. The number of aromatic nitrogens is 4. The lowest BCUT2D eigenvalue weighted by Gasteiger charge is -2.32. The number of amides is 1. The third-order valence-electron chi connectivity index (χ3n) is 4.43. The molecule has 1 fully saturated rings. The molecule has 0 aromatic carbocycles. The number of hydrogen-bond acceptors (Lipinski definition) is 4. The topological polar surface area (TPSA) is 73.0 Å². The predicted molar refractivity (Wildman–Crippen MR) is 93.7 cm³/mol. The van der Waals surface area contributed by atoms with Crippen molar-refractivity contribution in [2.24, 2.45) is 0 Å². The largest absolute Gasteiger partial charge is 0.377 e. The van der Waals surface area contributed by atoms with E-state index >= 15 is 0 Å². The van der Waals surface area contributed by atoms with Crippen molar-refractivity contribution in [3.8, 4) is 0 Å². The van der Waals surface area contributed by atoms with Crippen LogP contribution in [-0.2, 0) is 0 Å². The van der Waals surface area contributed by atoms with Gasteiger partial charge >= 0.3 is 11.7 Å². The molecule has 24 heavy (non-hydrogen) atoms. The second-order valence-electron chi connectivity index (χ2n) is 5.97. The van der Waals surface area contributed by atoms with Crippen LogP contribution in [0.25, 0.3) is 5.70 Å². The molecular formula is C17H27N5O2. The lowest BCUT2D eigenvalue weighted by molar-refractivity contribution is 0.157. The van der Waals surface area contributed by atoms with Gasteiger partial charge in [0.05, 0.1) is 5.70 Å². The molecule has 0 radical (unpaired) electrons. The van der Waals surface area contributed by atoms with Crippen molar-refractivity contribution < 1.29 is 4.79 Å². The lowest BCUT2D eigenvalue weighted by Crippen LogP contribution is -2.47. The summed E-state index contributed by atoms with van der Waals surface area (Å²) >= 11 is 0. The summed E-state index contributed by atoms with van der Waals surface area (Å²) in [5.41, 5.74) is 0.0877. The predicted octanol–water partition coefficient (Wildman–Crippen LogP) is 2.89. The summed E-state index contributed by atoms with van der Waals surface area (Å²) in [5, 5.41) is 7.68. The smallest absolute Gasteiger partial charge is 0.320 e. The van der Waals surface area contributed by atoms with Crippen LogP contribution in [0.4, 0.5) is 4.79 Å². The van der Waals surface area contributed by atoms with Gasteiger partial charge in [-0.25, -0.2) is 9.59 Å². The van der Waals surface area contributed by atoms with Gasteiger partial charge in [0.2, 0.25) is 0 Å². The molecule has 0 spiro atoms. The molecule has 7 heteroatoms. The van der Waals surface area contributed by atoms with E-state index in [-0.39, 0.29) is 12.1 Å². The van der Waals surface area contributed by atoms with Crippen LogP contribution in [0.2, 0.25) is 0 Å². The van der Waals surface area contributed by atoms with Gasteiger partial charge in [-0.3, -0.25) is 0 Å². The summed E-state index contributed by atoms with van der Waals surface area (Å²) in [6.45, 7) is 6.33. The molecule has 0 unspecified atom stereocenters. The highest BCUT2D eigenvalue weighted by Crippen LogP contribution is 2.22. The maximum atomic E-state index is 12.8. The molecule has 1 amide bonds. The number of carbonyl (C=O) groups excluding carboxylic acids is 1. The van der Waals surface area contributed by atoms with Crippen molar-refractivity contribution in [2.75, 3.05) is 6.54 Å². The van der Waals surface area contributed by atoms with Gasteiger partial charge in [0.25, 0.3) is 0 Å². The van der Waals surface area contributed by atoms with Gasteiger partial charge in [-0.2, -0.15) is 4.68 Å². The second-order valence-corrected chi connectivity index (χ2v) is 5.97. The molecule has 0 aliphatic heterocycles. The second kappa shape index (κ2) is 8.61. The zero-order chi connectivity index (χ0) is 17.5. The molecule has 1 saturated carbocycles. The Bertz CT molecular complexity index is 665. The molecule has 0 bridgehead atoms. The molecule has 1 heterocycles. The Morgan fingerprint density at radius 2 is 1.88 bits per heavy atom. The first-order valence-electron chi connectivity index (χ1n) is 8.83. The summed E-state index contributed by atoms with van der Waals surface area (Å²) in [4.78, 5) is 27.1. The SMILES string of the molecule is C/C=C(\C=C/CC)n1nnn(C(=O)N(CC)C2CCCCC2)c1=O. The quantitative estimate of drug-likeness (QED) is 0.613. The molecule has 132 valence electrons. The lowest BCUT2D eigenvalue weighted by atomic mass is 9.94. The molecule has 1 aliphatic rings. The van der Waals surface area contributed by atoms with E-state index in [1.807, 2.05) is 32.9 Å². The van der Waals surface area contributed by atoms with Gasteiger partial charge in [-0.05, 0) is 49.6 Å². The highest BCUT2D eigenvalue weighted by Gasteiger charge is 2.27. The maximum Gasteiger partial charge on any atom is 0.377 e. The summed E-state index contributed by atoms with van der Waals surface area (Å²) in [6, 6.07) is -0.190. The standard InChI is InChI=1S/C17H27N5O2/c1-4-7-11-14(5-2)21-17(24)22(19-18-21)16(23)20(6-3)15-12-9-8-10-13-15/h5,7,11,15H,4,6,8-10,12-13H2,1-3H3/b11-7-,14-5+. The molecule has 0 N–H and O–H groups in total. The van der Waals surface area contributed by atoms with Gasteiger partial charge in [0.1, 0.15) is 0 Å². The van der Waals surface area contributed by atoms with E-state index in [1.165, 1.54) is 11.1 Å². The van der Waals surface area contributed by atoms with Gasteiger partial charge in [0.15, 0.2) is 0 Å². The van der Waals surface area contributed by atoms with Crippen molar-refractivity contribution in [1.29, 1.82) is 0 Å². The first kappa shape index (κ1) is 18.2. The van der Waals surface area contributed by atoms with Gasteiger partial charge in [-0.15, -0.1) is 4.68 Å². The monoisotopic (exact) mass is 333 g/mol. The first-order valence-corrected chi connectivity index (χ1v) is 8.83. The highest BCUT2D eigenvalue weighted by molar-refractivity contribution is 5.76. The normalized spacial score (nSPS) is 16.7.